The van der Waals surface area contributed by atoms with Gasteiger partial charge in [-0.25, -0.2) is 13.9 Å². The summed E-state index contributed by atoms with van der Waals surface area (Å²) in [5.74, 6) is 0.406. The molecule has 0 unspecified atom stereocenters. The van der Waals surface area contributed by atoms with Crippen LogP contribution in [0.3, 0.4) is 0 Å². The lowest BCUT2D eigenvalue weighted by Crippen LogP contribution is -2.36. The summed E-state index contributed by atoms with van der Waals surface area (Å²) in [5.41, 5.74) is 1.11. The Balaban J connectivity index is 1.73. The molecule has 0 atom stereocenters. The number of hydrogen-bond donors (Lipinski definition) is 0. The third-order valence-corrected chi connectivity index (χ3v) is 4.98. The van der Waals surface area contributed by atoms with Crippen molar-refractivity contribution in [2.45, 2.75) is 20.4 Å². The fourth-order valence-electron chi connectivity index (χ4n) is 3.19. The van der Waals surface area contributed by atoms with Gasteiger partial charge in [0, 0.05) is 29.9 Å². The number of rotatable bonds is 6. The van der Waals surface area contributed by atoms with Crippen molar-refractivity contribution in [3.8, 4) is 22.8 Å². The average molecular weight is 427 g/mol. The highest BCUT2D eigenvalue weighted by molar-refractivity contribution is 6.30. The zero-order chi connectivity index (χ0) is 21.3. The Morgan fingerprint density at radius 1 is 1.20 bits per heavy atom. The van der Waals surface area contributed by atoms with Gasteiger partial charge in [-0.2, -0.15) is 4.98 Å². The molecule has 4 rings (SSSR count). The first-order chi connectivity index (χ1) is 14.5. The summed E-state index contributed by atoms with van der Waals surface area (Å²) in [6, 6.07) is 10.5. The number of benzene rings is 1. The molecule has 9 nitrogen and oxygen atoms in total. The van der Waals surface area contributed by atoms with Crippen molar-refractivity contribution in [2.75, 3.05) is 13.1 Å². The van der Waals surface area contributed by atoms with E-state index in [4.69, 9.17) is 16.1 Å². The Hall–Kier alpha value is -3.46. The first-order valence-electron chi connectivity index (χ1n) is 9.47. The molecule has 0 fully saturated rings. The molecule has 0 aliphatic carbocycles. The van der Waals surface area contributed by atoms with Gasteiger partial charge in [-0.15, -0.1) is 5.10 Å². The highest BCUT2D eigenvalue weighted by Crippen LogP contribution is 2.25. The minimum atomic E-state index is -0.415. The quantitative estimate of drug-likeness (QED) is 0.470. The van der Waals surface area contributed by atoms with Gasteiger partial charge in [0.15, 0.2) is 5.65 Å². The van der Waals surface area contributed by atoms with E-state index in [0.29, 0.717) is 40.7 Å². The number of halogens is 1. The van der Waals surface area contributed by atoms with Crippen LogP contribution in [-0.4, -0.2) is 48.2 Å². The fourth-order valence-corrected chi connectivity index (χ4v) is 3.38. The van der Waals surface area contributed by atoms with Crippen LogP contribution in [0.1, 0.15) is 13.8 Å². The highest BCUT2D eigenvalue weighted by Gasteiger charge is 2.19. The summed E-state index contributed by atoms with van der Waals surface area (Å²) in [4.78, 5) is 31.2. The lowest BCUT2D eigenvalue weighted by molar-refractivity contribution is -0.131. The average Bonchev–Trinajstić information content (AvgIpc) is 3.35. The Morgan fingerprint density at radius 2 is 2.00 bits per heavy atom. The second-order valence-electron chi connectivity index (χ2n) is 6.56. The van der Waals surface area contributed by atoms with Crippen molar-refractivity contribution in [3.05, 3.63) is 58.1 Å². The van der Waals surface area contributed by atoms with E-state index in [1.165, 1.54) is 4.40 Å². The van der Waals surface area contributed by atoms with E-state index in [0.717, 1.165) is 4.68 Å². The lowest BCUT2D eigenvalue weighted by atomic mass is 10.2. The van der Waals surface area contributed by atoms with Gasteiger partial charge in [-0.3, -0.25) is 4.79 Å². The van der Waals surface area contributed by atoms with Crippen LogP contribution < -0.4 is 5.69 Å². The van der Waals surface area contributed by atoms with Gasteiger partial charge < -0.3 is 9.42 Å². The molecule has 0 radical (unpaired) electrons. The molecule has 0 aliphatic rings. The number of amides is 1. The second-order valence-corrected chi connectivity index (χ2v) is 6.99. The number of hydrogen-bond acceptors (Lipinski definition) is 6. The number of nitrogens with zero attached hydrogens (tertiary/aromatic N) is 6. The van der Waals surface area contributed by atoms with Crippen molar-refractivity contribution in [1.82, 2.24) is 29.2 Å². The minimum absolute atomic E-state index is 0.140. The van der Waals surface area contributed by atoms with Crippen molar-refractivity contribution in [3.63, 3.8) is 0 Å². The molecule has 154 valence electrons. The number of carbonyl (C=O) groups is 1. The predicted octanol–water partition coefficient (Wildman–Crippen LogP) is 2.73. The molecule has 10 heteroatoms. The number of fused-ring (bicyclic) bond motifs is 1. The summed E-state index contributed by atoms with van der Waals surface area (Å²) in [6.07, 6.45) is 1.58. The Labute approximate surface area is 176 Å². The SMILES string of the molecule is CCN(CC)C(=O)Cn1nc2c(-c3nc(-c4cccc(Cl)c4)no3)cccn2c1=O. The molecule has 30 heavy (non-hydrogen) atoms. The van der Waals surface area contributed by atoms with E-state index < -0.39 is 5.69 Å². The van der Waals surface area contributed by atoms with Crippen LogP contribution in [-0.2, 0) is 11.3 Å². The highest BCUT2D eigenvalue weighted by atomic mass is 35.5. The third kappa shape index (κ3) is 3.59. The van der Waals surface area contributed by atoms with Gasteiger partial charge in [0.2, 0.25) is 11.7 Å². The van der Waals surface area contributed by atoms with Gasteiger partial charge >= 0.3 is 5.69 Å². The maximum Gasteiger partial charge on any atom is 0.350 e. The number of likely N-dealkylation sites (N-methyl/N-ethyl adjacent to an activating group) is 1. The zero-order valence-corrected chi connectivity index (χ0v) is 17.2. The van der Waals surface area contributed by atoms with Crippen molar-refractivity contribution in [2.24, 2.45) is 0 Å². The summed E-state index contributed by atoms with van der Waals surface area (Å²) in [7, 11) is 0. The van der Waals surface area contributed by atoms with E-state index in [-0.39, 0.29) is 18.3 Å². The van der Waals surface area contributed by atoms with E-state index in [1.807, 2.05) is 19.9 Å². The molecule has 0 N–H and O–H groups in total. The monoisotopic (exact) mass is 426 g/mol. The van der Waals surface area contributed by atoms with E-state index in [1.54, 1.807) is 41.4 Å². The molecule has 0 aliphatic heterocycles. The fraction of sp³-hybridized carbons (Fsp3) is 0.250. The molecule has 3 heterocycles. The van der Waals surface area contributed by atoms with Crippen LogP contribution in [0.5, 0.6) is 0 Å². The van der Waals surface area contributed by atoms with E-state index in [2.05, 4.69) is 15.2 Å². The van der Waals surface area contributed by atoms with Crippen LogP contribution in [0.2, 0.25) is 5.02 Å². The lowest BCUT2D eigenvalue weighted by Gasteiger charge is -2.17. The molecule has 3 aromatic heterocycles. The molecule has 1 amide bonds. The first-order valence-corrected chi connectivity index (χ1v) is 9.85. The number of aromatic nitrogens is 5. The first kappa shape index (κ1) is 19.8. The van der Waals surface area contributed by atoms with Crippen LogP contribution >= 0.6 is 11.6 Å². The number of carbonyl (C=O) groups excluding carboxylic acids is 1. The standard InChI is InChI=1S/C20H19ClN6O3/c1-3-25(4-2)16(28)12-27-20(29)26-10-6-9-15(18(26)23-27)19-22-17(24-30-19)13-7-5-8-14(21)11-13/h5-11H,3-4,12H2,1-2H3. The van der Waals surface area contributed by atoms with Crippen LogP contribution in [0, 0.1) is 0 Å². The Morgan fingerprint density at radius 3 is 2.73 bits per heavy atom. The Kier molecular flexibility index (Phi) is 5.37. The summed E-state index contributed by atoms with van der Waals surface area (Å²) >= 11 is 6.03. The summed E-state index contributed by atoms with van der Waals surface area (Å²) in [6.45, 7) is 4.77. The molecular weight excluding hydrogens is 408 g/mol. The molecule has 0 spiro atoms. The van der Waals surface area contributed by atoms with Gasteiger partial charge in [0.25, 0.3) is 5.89 Å². The maximum absolute atomic E-state index is 12.7. The summed E-state index contributed by atoms with van der Waals surface area (Å²) in [5, 5.41) is 8.91. The van der Waals surface area contributed by atoms with Gasteiger partial charge in [-0.05, 0) is 38.1 Å². The number of pyridine rings is 1. The maximum atomic E-state index is 12.7. The van der Waals surface area contributed by atoms with E-state index in [9.17, 15) is 9.59 Å². The van der Waals surface area contributed by atoms with Crippen molar-refractivity contribution < 1.29 is 9.32 Å². The zero-order valence-electron chi connectivity index (χ0n) is 16.4. The largest absolute Gasteiger partial charge is 0.350 e. The smallest absolute Gasteiger partial charge is 0.342 e. The summed E-state index contributed by atoms with van der Waals surface area (Å²) < 4.78 is 7.91. The van der Waals surface area contributed by atoms with Crippen LogP contribution in [0.25, 0.3) is 28.5 Å². The van der Waals surface area contributed by atoms with E-state index >= 15 is 0 Å². The topological polar surface area (TPSA) is 98.5 Å². The van der Waals surface area contributed by atoms with Crippen LogP contribution in [0.4, 0.5) is 0 Å². The molecular formula is C20H19ClN6O3. The molecule has 4 aromatic rings. The normalized spacial score (nSPS) is 11.2. The van der Waals surface area contributed by atoms with Crippen LogP contribution in [0.15, 0.2) is 51.9 Å². The van der Waals surface area contributed by atoms with Gasteiger partial charge in [0.05, 0.1) is 5.56 Å². The predicted molar refractivity (Wildman–Crippen MR) is 111 cm³/mol. The van der Waals surface area contributed by atoms with Gasteiger partial charge in [-0.1, -0.05) is 28.9 Å². The third-order valence-electron chi connectivity index (χ3n) is 4.75. The van der Waals surface area contributed by atoms with Gasteiger partial charge in [0.1, 0.15) is 6.54 Å². The molecule has 1 aromatic carbocycles. The molecule has 0 saturated carbocycles. The molecule has 0 bridgehead atoms. The minimum Gasteiger partial charge on any atom is -0.342 e. The van der Waals surface area contributed by atoms with Crippen molar-refractivity contribution >= 4 is 23.2 Å². The Bertz CT molecular complexity index is 1270. The molecule has 0 saturated heterocycles. The van der Waals surface area contributed by atoms with Crippen molar-refractivity contribution in [1.29, 1.82) is 0 Å². The second kappa shape index (κ2) is 8.11.